The first-order valence-corrected chi connectivity index (χ1v) is 8.03. The maximum atomic E-state index is 13.9. The summed E-state index contributed by atoms with van der Waals surface area (Å²) in [6, 6.07) is 1.56. The number of halogens is 4. The van der Waals surface area contributed by atoms with Crippen molar-refractivity contribution in [1.82, 2.24) is 4.31 Å². The molecule has 25 heavy (non-hydrogen) atoms. The van der Waals surface area contributed by atoms with E-state index in [9.17, 15) is 40.9 Å². The summed E-state index contributed by atoms with van der Waals surface area (Å²) in [5, 5.41) is 19.4. The minimum Gasteiger partial charge on any atom is -0.481 e. The topological polar surface area (TPSA) is 118 Å². The summed E-state index contributed by atoms with van der Waals surface area (Å²) >= 11 is 0. The van der Waals surface area contributed by atoms with Gasteiger partial charge in [0.25, 0.3) is 5.69 Å². The van der Waals surface area contributed by atoms with Gasteiger partial charge in [-0.05, 0) is 6.07 Å². The Bertz CT molecular complexity index is 825. The van der Waals surface area contributed by atoms with Crippen molar-refractivity contribution in [1.29, 1.82) is 0 Å². The van der Waals surface area contributed by atoms with Crippen LogP contribution in [-0.4, -0.2) is 48.0 Å². The zero-order valence-electron chi connectivity index (χ0n) is 12.1. The molecule has 2 rings (SSSR count). The molecule has 1 heterocycles. The Kier molecular flexibility index (Phi) is 4.74. The van der Waals surface area contributed by atoms with E-state index >= 15 is 0 Å². The number of sulfonamides is 1. The molecule has 0 saturated carbocycles. The van der Waals surface area contributed by atoms with E-state index < -0.39 is 68.4 Å². The maximum absolute atomic E-state index is 13.9. The summed E-state index contributed by atoms with van der Waals surface area (Å²) in [4.78, 5) is 19.5. The molecule has 0 unspecified atom stereocenters. The summed E-state index contributed by atoms with van der Waals surface area (Å²) in [5.74, 6) is -7.82. The highest BCUT2D eigenvalue weighted by Crippen LogP contribution is 2.40. The number of nitrogens with zero attached hydrogens (tertiary/aromatic N) is 2. The van der Waals surface area contributed by atoms with E-state index in [-0.39, 0.29) is 4.31 Å². The van der Waals surface area contributed by atoms with Gasteiger partial charge in [-0.25, -0.2) is 12.8 Å². The maximum Gasteiger partial charge on any atom is 0.393 e. The smallest absolute Gasteiger partial charge is 0.393 e. The predicted octanol–water partition coefficient (Wildman–Crippen LogP) is 1.62. The van der Waals surface area contributed by atoms with E-state index in [0.717, 1.165) is 0 Å². The number of non-ortho nitro benzene ring substituents is 1. The highest BCUT2D eigenvalue weighted by Gasteiger charge is 2.55. The van der Waals surface area contributed by atoms with Crippen LogP contribution in [0.2, 0.25) is 0 Å². The molecule has 0 aromatic heterocycles. The molecule has 0 spiro atoms. The zero-order chi connectivity index (χ0) is 19.2. The molecule has 2 atom stereocenters. The molecule has 1 aliphatic rings. The highest BCUT2D eigenvalue weighted by molar-refractivity contribution is 7.89. The van der Waals surface area contributed by atoms with E-state index in [1.54, 1.807) is 0 Å². The van der Waals surface area contributed by atoms with E-state index in [1.165, 1.54) is 0 Å². The van der Waals surface area contributed by atoms with Gasteiger partial charge in [0.05, 0.1) is 22.8 Å². The molecule has 138 valence electrons. The lowest BCUT2D eigenvalue weighted by atomic mass is 9.96. The number of nitro groups is 1. The van der Waals surface area contributed by atoms with Gasteiger partial charge < -0.3 is 5.11 Å². The molecule has 13 heteroatoms. The van der Waals surface area contributed by atoms with Crippen molar-refractivity contribution >= 4 is 21.7 Å². The second-order valence-electron chi connectivity index (χ2n) is 5.29. The minimum atomic E-state index is -4.96. The average Bonchev–Trinajstić information content (AvgIpc) is 2.92. The monoisotopic (exact) mass is 386 g/mol. The Morgan fingerprint density at radius 1 is 1.32 bits per heavy atom. The van der Waals surface area contributed by atoms with Gasteiger partial charge in [0, 0.05) is 19.2 Å². The molecule has 1 aromatic carbocycles. The third-order valence-corrected chi connectivity index (χ3v) is 5.63. The molecular formula is C12H10F4N2O6S. The van der Waals surface area contributed by atoms with Crippen LogP contribution >= 0.6 is 0 Å². The standard InChI is InChI=1S/C12H10F4N2O6S/c13-9-3-6(18(21)22)1-2-10(9)25(23,24)17-4-7(11(19)20)8(5-17)12(14,15)16/h1-3,7-8H,4-5H2,(H,19,20)/t7-,8-/m1/s1. The molecule has 1 saturated heterocycles. The van der Waals surface area contributed by atoms with Crippen molar-refractivity contribution in [2.45, 2.75) is 11.1 Å². The fourth-order valence-corrected chi connectivity index (χ4v) is 4.03. The second-order valence-corrected chi connectivity index (χ2v) is 7.19. The van der Waals surface area contributed by atoms with Gasteiger partial charge in [0.1, 0.15) is 10.7 Å². The Morgan fingerprint density at radius 3 is 2.32 bits per heavy atom. The second kappa shape index (κ2) is 6.22. The number of nitro benzene ring substituents is 1. The average molecular weight is 386 g/mol. The van der Waals surface area contributed by atoms with E-state index in [2.05, 4.69) is 0 Å². The van der Waals surface area contributed by atoms with Crippen LogP contribution in [0.3, 0.4) is 0 Å². The van der Waals surface area contributed by atoms with Gasteiger partial charge in [-0.1, -0.05) is 0 Å². The highest BCUT2D eigenvalue weighted by atomic mass is 32.2. The van der Waals surface area contributed by atoms with Gasteiger partial charge in [0.15, 0.2) is 0 Å². The SMILES string of the molecule is O=C(O)[C@@H]1CN(S(=O)(=O)c2ccc([N+](=O)[O-])cc2F)C[C@H]1C(F)(F)F. The molecule has 8 nitrogen and oxygen atoms in total. The fourth-order valence-electron chi connectivity index (χ4n) is 2.50. The van der Waals surface area contributed by atoms with Gasteiger partial charge in [-0.15, -0.1) is 0 Å². The first-order valence-electron chi connectivity index (χ1n) is 6.59. The number of carboxylic acids is 1. The lowest BCUT2D eigenvalue weighted by Gasteiger charge is -2.18. The summed E-state index contributed by atoms with van der Waals surface area (Å²) in [6.45, 7) is -2.17. The number of rotatable bonds is 4. The van der Waals surface area contributed by atoms with Crippen LogP contribution in [0.5, 0.6) is 0 Å². The van der Waals surface area contributed by atoms with Crippen molar-refractivity contribution in [3.63, 3.8) is 0 Å². The van der Waals surface area contributed by atoms with Crippen LogP contribution in [0.15, 0.2) is 23.1 Å². The molecule has 1 N–H and O–H groups in total. The van der Waals surface area contributed by atoms with Crippen LogP contribution in [0.25, 0.3) is 0 Å². The van der Waals surface area contributed by atoms with Gasteiger partial charge in [0.2, 0.25) is 10.0 Å². The molecule has 0 bridgehead atoms. The zero-order valence-corrected chi connectivity index (χ0v) is 12.9. The van der Waals surface area contributed by atoms with Crippen LogP contribution < -0.4 is 0 Å². The number of hydrogen-bond acceptors (Lipinski definition) is 5. The lowest BCUT2D eigenvalue weighted by molar-refractivity contribution is -0.385. The molecule has 0 amide bonds. The lowest BCUT2D eigenvalue weighted by Crippen LogP contribution is -2.34. The Hall–Kier alpha value is -2.28. The van der Waals surface area contributed by atoms with Crippen molar-refractivity contribution in [2.75, 3.05) is 13.1 Å². The fraction of sp³-hybridized carbons (Fsp3) is 0.417. The normalized spacial score (nSPS) is 22.1. The van der Waals surface area contributed by atoms with Crippen molar-refractivity contribution in [3.05, 3.63) is 34.1 Å². The van der Waals surface area contributed by atoms with Crippen molar-refractivity contribution in [3.8, 4) is 0 Å². The number of hydrogen-bond donors (Lipinski definition) is 1. The predicted molar refractivity (Wildman–Crippen MR) is 72.5 cm³/mol. The molecule has 1 aromatic rings. The first-order chi connectivity index (χ1) is 11.4. The summed E-state index contributed by atoms with van der Waals surface area (Å²) < 4.78 is 77.5. The quantitative estimate of drug-likeness (QED) is 0.477. The van der Waals surface area contributed by atoms with Crippen LogP contribution in [0, 0.1) is 27.8 Å². The van der Waals surface area contributed by atoms with E-state index in [1.807, 2.05) is 0 Å². The van der Waals surface area contributed by atoms with E-state index in [4.69, 9.17) is 5.11 Å². The van der Waals surface area contributed by atoms with Crippen LogP contribution in [0.1, 0.15) is 0 Å². The first kappa shape index (κ1) is 19.1. The minimum absolute atomic E-state index is 0.216. The molecule has 0 aliphatic carbocycles. The molecular weight excluding hydrogens is 376 g/mol. The molecule has 1 aliphatic heterocycles. The third kappa shape index (κ3) is 3.56. The Morgan fingerprint density at radius 2 is 1.92 bits per heavy atom. The van der Waals surface area contributed by atoms with Gasteiger partial charge >= 0.3 is 12.1 Å². The Labute approximate surface area is 137 Å². The van der Waals surface area contributed by atoms with Crippen molar-refractivity contribution < 1.29 is 40.8 Å². The number of carbonyl (C=O) groups is 1. The largest absolute Gasteiger partial charge is 0.481 e. The number of aliphatic carboxylic acids is 1. The van der Waals surface area contributed by atoms with Gasteiger partial charge in [-0.2, -0.15) is 17.5 Å². The summed E-state index contributed by atoms with van der Waals surface area (Å²) in [6.07, 6.45) is -4.96. The summed E-state index contributed by atoms with van der Waals surface area (Å²) in [7, 11) is -4.80. The van der Waals surface area contributed by atoms with Crippen LogP contribution in [-0.2, 0) is 14.8 Å². The van der Waals surface area contributed by atoms with E-state index in [0.29, 0.717) is 18.2 Å². The van der Waals surface area contributed by atoms with Crippen LogP contribution in [0.4, 0.5) is 23.2 Å². The number of alkyl halides is 3. The molecule has 1 fully saturated rings. The number of carboxylic acid groups (broad SMARTS) is 1. The van der Waals surface area contributed by atoms with Gasteiger partial charge in [-0.3, -0.25) is 14.9 Å². The van der Waals surface area contributed by atoms with Crippen molar-refractivity contribution in [2.24, 2.45) is 11.8 Å². The molecule has 0 radical (unpaired) electrons. The Balaban J connectivity index is 2.41. The summed E-state index contributed by atoms with van der Waals surface area (Å²) in [5.41, 5.74) is -0.741. The number of benzene rings is 1. The third-order valence-electron chi connectivity index (χ3n) is 3.77.